The summed E-state index contributed by atoms with van der Waals surface area (Å²) in [5.41, 5.74) is 4.83. The molecule has 53 heavy (non-hydrogen) atoms. The van der Waals surface area contributed by atoms with Crippen molar-refractivity contribution in [3.8, 4) is 17.2 Å². The number of fused-ring (bicyclic) bond motifs is 2. The number of nitro groups is 2. The molecule has 6 aromatic rings. The summed E-state index contributed by atoms with van der Waals surface area (Å²) in [6.45, 7) is 4.28. The van der Waals surface area contributed by atoms with E-state index in [0.717, 1.165) is 68.6 Å². The van der Waals surface area contributed by atoms with E-state index in [1.807, 2.05) is 36.5 Å². The van der Waals surface area contributed by atoms with Crippen molar-refractivity contribution in [2.75, 3.05) is 37.6 Å². The molecule has 1 aliphatic rings. The molecule has 0 atom stereocenters. The standard InChI is InChI=1S/C39H33N7O7/c40-23-25-4-14-34-32(21-25)28(24-41-34)3-1-2-16-43-17-19-44(20-18-43)31-13-15-35-33(22-31)36(26-5-9-29(10-6-26)45(49)50)37(53-35)39(48)42-38(47)27-7-11-30(12-8-27)46(51)52/h4-15,21-22,24,41H,1-3,16-20H2,(H,42,47,48). The first-order valence-electron chi connectivity index (χ1n) is 17.1. The number of rotatable bonds is 11. The van der Waals surface area contributed by atoms with Gasteiger partial charge in [-0.2, -0.15) is 5.26 Å². The Morgan fingerprint density at radius 3 is 2.21 bits per heavy atom. The third-order valence-electron chi connectivity index (χ3n) is 9.62. The Kier molecular flexibility index (Phi) is 9.65. The second kappa shape index (κ2) is 14.8. The Morgan fingerprint density at radius 1 is 0.830 bits per heavy atom. The smallest absolute Gasteiger partial charge is 0.294 e. The van der Waals surface area contributed by atoms with Gasteiger partial charge in [0.05, 0.1) is 21.5 Å². The second-order valence-electron chi connectivity index (χ2n) is 12.8. The molecule has 0 spiro atoms. The lowest BCUT2D eigenvalue weighted by Crippen LogP contribution is -2.46. The van der Waals surface area contributed by atoms with Crippen LogP contribution in [-0.4, -0.2) is 64.3 Å². The lowest BCUT2D eigenvalue weighted by molar-refractivity contribution is -0.385. The summed E-state index contributed by atoms with van der Waals surface area (Å²) in [5.74, 6) is -1.75. The highest BCUT2D eigenvalue weighted by Crippen LogP contribution is 2.38. The predicted octanol–water partition coefficient (Wildman–Crippen LogP) is 6.98. The van der Waals surface area contributed by atoms with Crippen LogP contribution in [0.1, 0.15) is 44.9 Å². The van der Waals surface area contributed by atoms with Crippen molar-refractivity contribution in [3.05, 3.63) is 134 Å². The van der Waals surface area contributed by atoms with Gasteiger partial charge in [0.25, 0.3) is 23.2 Å². The normalized spacial score (nSPS) is 13.2. The van der Waals surface area contributed by atoms with E-state index in [2.05, 4.69) is 26.2 Å². The van der Waals surface area contributed by atoms with Gasteiger partial charge >= 0.3 is 0 Å². The Balaban J connectivity index is 1.05. The first-order valence-corrected chi connectivity index (χ1v) is 17.1. The van der Waals surface area contributed by atoms with E-state index in [1.165, 1.54) is 54.1 Å². The summed E-state index contributed by atoms with van der Waals surface area (Å²) in [6, 6.07) is 24.1. The van der Waals surface area contributed by atoms with Crippen molar-refractivity contribution in [3.63, 3.8) is 0 Å². The van der Waals surface area contributed by atoms with Crippen LogP contribution in [0.3, 0.4) is 0 Å². The van der Waals surface area contributed by atoms with Crippen molar-refractivity contribution < 1.29 is 23.9 Å². The lowest BCUT2D eigenvalue weighted by Gasteiger charge is -2.36. The number of hydrogen-bond acceptors (Lipinski definition) is 10. The Hall–Kier alpha value is -6.85. The number of hydrogen-bond donors (Lipinski definition) is 2. The summed E-state index contributed by atoms with van der Waals surface area (Å²) >= 11 is 0. The monoisotopic (exact) mass is 711 g/mol. The zero-order valence-electron chi connectivity index (χ0n) is 28.4. The average Bonchev–Trinajstić information content (AvgIpc) is 3.77. The number of aromatic nitrogens is 1. The Morgan fingerprint density at radius 2 is 1.53 bits per heavy atom. The molecule has 4 aromatic carbocycles. The van der Waals surface area contributed by atoms with Crippen LogP contribution in [0.15, 0.2) is 95.5 Å². The number of H-pyrrole nitrogens is 1. The number of nitro benzene ring substituents is 2. The highest BCUT2D eigenvalue weighted by molar-refractivity contribution is 6.15. The van der Waals surface area contributed by atoms with E-state index in [9.17, 15) is 35.1 Å². The molecule has 7 rings (SSSR count). The molecular formula is C39H33N7O7. The number of nitrogens with one attached hydrogen (secondary N) is 2. The number of imide groups is 1. The maximum Gasteiger partial charge on any atom is 0.294 e. The van der Waals surface area contributed by atoms with Gasteiger partial charge in [-0.15, -0.1) is 0 Å². The maximum absolute atomic E-state index is 13.6. The second-order valence-corrected chi connectivity index (χ2v) is 12.8. The van der Waals surface area contributed by atoms with E-state index in [0.29, 0.717) is 27.7 Å². The van der Waals surface area contributed by atoms with Gasteiger partial charge in [-0.1, -0.05) is 0 Å². The number of piperazine rings is 1. The van der Waals surface area contributed by atoms with Crippen LogP contribution in [-0.2, 0) is 6.42 Å². The van der Waals surface area contributed by atoms with Gasteiger partial charge < -0.3 is 14.3 Å². The molecule has 1 saturated heterocycles. The molecule has 14 heteroatoms. The van der Waals surface area contributed by atoms with Gasteiger partial charge in [0, 0.05) is 89.7 Å². The SMILES string of the molecule is N#Cc1ccc2[nH]cc(CCCCN3CCN(c4ccc5oc(C(=O)NC(=O)c6ccc([N+](=O)[O-])cc6)c(-c6ccc([N+](=O)[O-])cc6)c5c4)CC3)c2c1. The van der Waals surface area contributed by atoms with E-state index in [1.54, 1.807) is 6.07 Å². The van der Waals surface area contributed by atoms with Gasteiger partial charge in [0.15, 0.2) is 0 Å². The van der Waals surface area contributed by atoms with Gasteiger partial charge in [0.1, 0.15) is 5.58 Å². The number of anilines is 1. The van der Waals surface area contributed by atoms with Gasteiger partial charge in [0.2, 0.25) is 5.76 Å². The molecule has 266 valence electrons. The molecule has 1 aliphatic heterocycles. The number of furan rings is 1. The van der Waals surface area contributed by atoms with Gasteiger partial charge in [-0.05, 0) is 97.6 Å². The molecule has 14 nitrogen and oxygen atoms in total. The number of benzene rings is 4. The molecular weight excluding hydrogens is 678 g/mol. The zero-order valence-corrected chi connectivity index (χ0v) is 28.4. The molecule has 0 unspecified atom stereocenters. The molecule has 0 saturated carbocycles. The number of nitriles is 1. The molecule has 3 heterocycles. The summed E-state index contributed by atoms with van der Waals surface area (Å²) in [5, 5.41) is 35.7. The maximum atomic E-state index is 13.6. The minimum Gasteiger partial charge on any atom is -0.450 e. The molecule has 2 N–H and O–H groups in total. The fraction of sp³-hybridized carbons (Fsp3) is 0.205. The van der Waals surface area contributed by atoms with E-state index >= 15 is 0 Å². The first kappa shape index (κ1) is 34.6. The molecule has 2 aromatic heterocycles. The largest absolute Gasteiger partial charge is 0.450 e. The van der Waals surface area contributed by atoms with Crippen LogP contribution in [0.5, 0.6) is 0 Å². The van der Waals surface area contributed by atoms with Crippen LogP contribution in [0.25, 0.3) is 33.0 Å². The number of amides is 2. The molecule has 0 aliphatic carbocycles. The van der Waals surface area contributed by atoms with Crippen molar-refractivity contribution in [2.24, 2.45) is 0 Å². The van der Waals surface area contributed by atoms with E-state index in [4.69, 9.17) is 4.42 Å². The van der Waals surface area contributed by atoms with Crippen LogP contribution in [0.2, 0.25) is 0 Å². The lowest BCUT2D eigenvalue weighted by atomic mass is 10.0. The highest BCUT2D eigenvalue weighted by Gasteiger charge is 2.26. The van der Waals surface area contributed by atoms with Crippen LogP contribution < -0.4 is 10.2 Å². The summed E-state index contributed by atoms with van der Waals surface area (Å²) in [7, 11) is 0. The van der Waals surface area contributed by atoms with Crippen LogP contribution >= 0.6 is 0 Å². The third kappa shape index (κ3) is 7.32. The number of nitrogens with zero attached hydrogens (tertiary/aromatic N) is 5. The number of aryl methyl sites for hydroxylation is 1. The third-order valence-corrected chi connectivity index (χ3v) is 9.62. The minimum atomic E-state index is -0.829. The molecule has 1 fully saturated rings. The predicted molar refractivity (Wildman–Crippen MR) is 198 cm³/mol. The fourth-order valence-electron chi connectivity index (χ4n) is 6.78. The minimum absolute atomic E-state index is 0.0442. The number of carbonyl (C=O) groups is 2. The van der Waals surface area contributed by atoms with Gasteiger partial charge in [-0.25, -0.2) is 0 Å². The van der Waals surface area contributed by atoms with Gasteiger partial charge in [-0.3, -0.25) is 40.0 Å². The molecule has 0 radical (unpaired) electrons. The van der Waals surface area contributed by atoms with Crippen molar-refractivity contribution in [1.29, 1.82) is 5.26 Å². The van der Waals surface area contributed by atoms with Crippen LogP contribution in [0.4, 0.5) is 17.1 Å². The summed E-state index contributed by atoms with van der Waals surface area (Å²) in [4.78, 5) is 55.8. The number of non-ortho nitro benzene ring substituents is 2. The van der Waals surface area contributed by atoms with Crippen LogP contribution in [0, 0.1) is 31.6 Å². The number of carbonyl (C=O) groups excluding carboxylic acids is 2. The fourth-order valence-corrected chi connectivity index (χ4v) is 6.78. The van der Waals surface area contributed by atoms with Crippen molar-refractivity contribution in [2.45, 2.75) is 19.3 Å². The first-order chi connectivity index (χ1) is 25.7. The molecule has 0 bridgehead atoms. The topological polar surface area (TPSA) is 192 Å². The zero-order chi connectivity index (χ0) is 37.1. The molecule has 2 amide bonds. The number of unbranched alkanes of at least 4 members (excludes halogenated alkanes) is 1. The quantitative estimate of drug-likeness (QED) is 0.0613. The Bertz CT molecular complexity index is 2400. The Labute approximate surface area is 302 Å². The highest BCUT2D eigenvalue weighted by atomic mass is 16.6. The van der Waals surface area contributed by atoms with Crippen molar-refractivity contribution in [1.82, 2.24) is 15.2 Å². The summed E-state index contributed by atoms with van der Waals surface area (Å²) in [6.07, 6.45) is 5.04. The van der Waals surface area contributed by atoms with E-state index in [-0.39, 0.29) is 22.7 Å². The average molecular weight is 712 g/mol. The summed E-state index contributed by atoms with van der Waals surface area (Å²) < 4.78 is 6.03. The number of aromatic amines is 1. The van der Waals surface area contributed by atoms with Crippen molar-refractivity contribution >= 4 is 50.7 Å². The van der Waals surface area contributed by atoms with E-state index < -0.39 is 21.7 Å².